The van der Waals surface area contributed by atoms with Gasteiger partial charge in [0.2, 0.25) is 17.1 Å². The fraction of sp³-hybridized carbons (Fsp3) is 0.857. The highest BCUT2D eigenvalue weighted by atomic mass is 32.3. The summed E-state index contributed by atoms with van der Waals surface area (Å²) in [6, 6.07) is 0. The van der Waals surface area contributed by atoms with Gasteiger partial charge in [-0.3, -0.25) is 22.6 Å². The van der Waals surface area contributed by atoms with E-state index >= 15 is 0 Å². The standard InChI is InChI=1S/C7H18N2O5S/c1-2-8-4-3-7(10)9-5-6-14-15(11,12)13/h8,11-13H,2-6H2,1H3,(H,9,10). The van der Waals surface area contributed by atoms with Crippen LogP contribution in [0.1, 0.15) is 13.3 Å². The molecule has 0 aromatic rings. The molecule has 0 saturated carbocycles. The van der Waals surface area contributed by atoms with E-state index in [1.807, 2.05) is 6.92 Å². The first-order chi connectivity index (χ1) is 6.95. The number of hydrogen-bond acceptors (Lipinski definition) is 6. The predicted octanol–water partition coefficient (Wildman–Crippen LogP) is 0.257. The summed E-state index contributed by atoms with van der Waals surface area (Å²) in [6.07, 6.45) is 0.350. The lowest BCUT2D eigenvalue weighted by molar-refractivity contribution is -0.121. The third-order valence-corrected chi connectivity index (χ3v) is 1.93. The fourth-order valence-corrected chi connectivity index (χ4v) is 1.12. The zero-order chi connectivity index (χ0) is 11.7. The molecule has 0 unspecified atom stereocenters. The molecule has 0 aromatic carbocycles. The van der Waals surface area contributed by atoms with Crippen LogP contribution in [0.3, 0.4) is 0 Å². The van der Waals surface area contributed by atoms with Crippen LogP contribution < -0.4 is 10.6 Å². The molecule has 0 rings (SSSR count). The topological polar surface area (TPSA) is 111 Å². The molecule has 0 aromatic heterocycles. The SMILES string of the molecule is CCNCCC(=O)NCCOS(O)(O)O. The highest BCUT2D eigenvalue weighted by Crippen LogP contribution is 2.32. The summed E-state index contributed by atoms with van der Waals surface area (Å²) in [5.41, 5.74) is 0. The second kappa shape index (κ2) is 7.85. The molecular weight excluding hydrogens is 224 g/mol. The molecule has 0 fully saturated rings. The van der Waals surface area contributed by atoms with Crippen molar-refractivity contribution in [2.75, 3.05) is 26.2 Å². The third kappa shape index (κ3) is 11.5. The molecule has 0 aliphatic rings. The monoisotopic (exact) mass is 242 g/mol. The van der Waals surface area contributed by atoms with E-state index in [2.05, 4.69) is 14.8 Å². The molecule has 92 valence electrons. The smallest absolute Gasteiger partial charge is 0.221 e. The number of rotatable bonds is 8. The van der Waals surface area contributed by atoms with Gasteiger partial charge in [-0.05, 0) is 6.54 Å². The molecule has 0 heterocycles. The second-order valence-corrected chi connectivity index (χ2v) is 3.92. The van der Waals surface area contributed by atoms with Crippen molar-refractivity contribution in [2.45, 2.75) is 13.3 Å². The molecular formula is C7H18N2O5S. The van der Waals surface area contributed by atoms with Crippen molar-refractivity contribution in [1.29, 1.82) is 0 Å². The number of hydrogen-bond donors (Lipinski definition) is 5. The first-order valence-corrected chi connectivity index (χ1v) is 6.01. The second-order valence-electron chi connectivity index (χ2n) is 2.74. The Hall–Kier alpha value is -0.380. The molecule has 1 amide bonds. The maximum Gasteiger partial charge on any atom is 0.221 e. The van der Waals surface area contributed by atoms with E-state index in [1.54, 1.807) is 0 Å². The van der Waals surface area contributed by atoms with Crippen molar-refractivity contribution in [1.82, 2.24) is 10.6 Å². The van der Waals surface area contributed by atoms with Crippen LogP contribution in [-0.4, -0.2) is 45.8 Å². The van der Waals surface area contributed by atoms with Crippen LogP contribution >= 0.6 is 11.2 Å². The van der Waals surface area contributed by atoms with Crippen molar-refractivity contribution < 1.29 is 22.6 Å². The van der Waals surface area contributed by atoms with Crippen LogP contribution in [0.2, 0.25) is 0 Å². The van der Waals surface area contributed by atoms with E-state index in [0.717, 1.165) is 6.54 Å². The van der Waals surface area contributed by atoms with E-state index in [9.17, 15) is 4.79 Å². The van der Waals surface area contributed by atoms with Crippen LogP contribution in [0, 0.1) is 0 Å². The van der Waals surface area contributed by atoms with Gasteiger partial charge in [-0.25, -0.2) is 0 Å². The summed E-state index contributed by atoms with van der Waals surface area (Å²) in [5.74, 6) is -0.158. The normalized spacial score (nSPS) is 12.5. The molecule has 0 radical (unpaired) electrons. The highest BCUT2D eigenvalue weighted by Gasteiger charge is 2.11. The lowest BCUT2D eigenvalue weighted by atomic mass is 10.4. The molecule has 0 atom stereocenters. The zero-order valence-electron chi connectivity index (χ0n) is 8.60. The first-order valence-electron chi connectivity index (χ1n) is 4.58. The predicted molar refractivity (Wildman–Crippen MR) is 57.6 cm³/mol. The van der Waals surface area contributed by atoms with Gasteiger partial charge >= 0.3 is 0 Å². The van der Waals surface area contributed by atoms with Gasteiger partial charge in [-0.15, -0.1) is 0 Å². The van der Waals surface area contributed by atoms with Crippen molar-refractivity contribution in [3.05, 3.63) is 0 Å². The van der Waals surface area contributed by atoms with Crippen molar-refractivity contribution in [3.8, 4) is 0 Å². The molecule has 0 saturated heterocycles. The van der Waals surface area contributed by atoms with Gasteiger partial charge in [0.25, 0.3) is 0 Å². The van der Waals surface area contributed by atoms with Crippen LogP contribution in [0.15, 0.2) is 0 Å². The van der Waals surface area contributed by atoms with E-state index in [4.69, 9.17) is 13.7 Å². The van der Waals surface area contributed by atoms with Crippen LogP contribution in [0.5, 0.6) is 0 Å². The Morgan fingerprint density at radius 3 is 2.53 bits per heavy atom. The quantitative estimate of drug-likeness (QED) is 0.390. The largest absolute Gasteiger partial charge is 0.354 e. The summed E-state index contributed by atoms with van der Waals surface area (Å²) in [5, 5.41) is 5.48. The van der Waals surface area contributed by atoms with Gasteiger partial charge in [-0.1, -0.05) is 6.92 Å². The van der Waals surface area contributed by atoms with Gasteiger partial charge in [0.1, 0.15) is 0 Å². The summed E-state index contributed by atoms with van der Waals surface area (Å²) in [7, 11) is 0. The number of carbonyl (C=O) groups excluding carboxylic acids is 1. The molecule has 0 aliphatic carbocycles. The molecule has 7 nitrogen and oxygen atoms in total. The molecule has 15 heavy (non-hydrogen) atoms. The van der Waals surface area contributed by atoms with Gasteiger partial charge in [-0.2, -0.15) is 0 Å². The minimum Gasteiger partial charge on any atom is -0.354 e. The molecule has 5 N–H and O–H groups in total. The lowest BCUT2D eigenvalue weighted by Gasteiger charge is -2.17. The Kier molecular flexibility index (Phi) is 7.65. The highest BCUT2D eigenvalue weighted by molar-refractivity contribution is 8.15. The number of amides is 1. The third-order valence-electron chi connectivity index (χ3n) is 1.44. The van der Waals surface area contributed by atoms with E-state index in [-0.39, 0.29) is 19.1 Å². The fourth-order valence-electron chi connectivity index (χ4n) is 0.811. The summed E-state index contributed by atoms with van der Waals surface area (Å²) in [4.78, 5) is 11.1. The maximum absolute atomic E-state index is 11.1. The molecule has 0 aliphatic heterocycles. The first kappa shape index (κ1) is 14.6. The van der Waals surface area contributed by atoms with Gasteiger partial charge in [0.15, 0.2) is 0 Å². The Balaban J connectivity index is 3.32. The van der Waals surface area contributed by atoms with Crippen LogP contribution in [0.25, 0.3) is 0 Å². The summed E-state index contributed by atoms with van der Waals surface area (Å²) in [6.45, 7) is 3.32. The molecule has 0 spiro atoms. The summed E-state index contributed by atoms with van der Waals surface area (Å²) >= 11 is -3.91. The van der Waals surface area contributed by atoms with Crippen LogP contribution in [-0.2, 0) is 8.98 Å². The average Bonchev–Trinajstić information content (AvgIpc) is 2.11. The minimum absolute atomic E-state index is 0.126. The van der Waals surface area contributed by atoms with Gasteiger partial charge in [0, 0.05) is 19.5 Å². The van der Waals surface area contributed by atoms with Crippen LogP contribution in [0.4, 0.5) is 0 Å². The molecule has 8 heteroatoms. The lowest BCUT2D eigenvalue weighted by Crippen LogP contribution is -2.30. The summed E-state index contributed by atoms with van der Waals surface area (Å²) < 4.78 is 29.4. The Labute approximate surface area is 90.6 Å². The minimum atomic E-state index is -3.91. The Bertz CT molecular complexity index is 185. The van der Waals surface area contributed by atoms with E-state index in [1.165, 1.54) is 0 Å². The van der Waals surface area contributed by atoms with Crippen molar-refractivity contribution in [2.24, 2.45) is 0 Å². The maximum atomic E-state index is 11.1. The zero-order valence-corrected chi connectivity index (χ0v) is 9.42. The number of carbonyl (C=O) groups is 1. The van der Waals surface area contributed by atoms with E-state index in [0.29, 0.717) is 13.0 Å². The Morgan fingerprint density at radius 2 is 2.00 bits per heavy atom. The molecule has 0 bridgehead atoms. The number of nitrogens with one attached hydrogen (secondary N) is 2. The van der Waals surface area contributed by atoms with Gasteiger partial charge in [0.05, 0.1) is 6.61 Å². The van der Waals surface area contributed by atoms with Crippen molar-refractivity contribution >= 4 is 17.1 Å². The van der Waals surface area contributed by atoms with E-state index < -0.39 is 11.2 Å². The van der Waals surface area contributed by atoms with Crippen molar-refractivity contribution in [3.63, 3.8) is 0 Å². The van der Waals surface area contributed by atoms with Gasteiger partial charge < -0.3 is 10.6 Å². The average molecular weight is 242 g/mol. The Morgan fingerprint density at radius 1 is 1.33 bits per heavy atom.